The van der Waals surface area contributed by atoms with Gasteiger partial charge in [-0.15, -0.1) is 0 Å². The second-order valence-electron chi connectivity index (χ2n) is 11.0. The summed E-state index contributed by atoms with van der Waals surface area (Å²) in [5, 5.41) is 3.03. The molecule has 0 bridgehead atoms. The molecule has 0 radical (unpaired) electrons. The molecule has 0 fully saturated rings. The van der Waals surface area contributed by atoms with Crippen LogP contribution in [0.15, 0.2) is 162 Å². The third-order valence-corrected chi connectivity index (χ3v) is 8.56. The van der Waals surface area contributed by atoms with Gasteiger partial charge in [-0.25, -0.2) is 0 Å². The van der Waals surface area contributed by atoms with E-state index in [0.717, 1.165) is 10.8 Å². The van der Waals surface area contributed by atoms with Crippen LogP contribution in [0.4, 0.5) is 0 Å². The lowest BCUT2D eigenvalue weighted by molar-refractivity contribution is 0.669. The van der Waals surface area contributed by atoms with Crippen molar-refractivity contribution in [3.8, 4) is 22.5 Å². The number of benzene rings is 7. The van der Waals surface area contributed by atoms with E-state index in [0.29, 0.717) is 44.1 Å². The fourth-order valence-electron chi connectivity index (χ4n) is 6.63. The van der Waals surface area contributed by atoms with Crippen LogP contribution < -0.4 is 0 Å². The van der Waals surface area contributed by atoms with Crippen molar-refractivity contribution in [2.75, 3.05) is 0 Å². The molecule has 0 amide bonds. The van der Waals surface area contributed by atoms with Crippen molar-refractivity contribution in [3.63, 3.8) is 0 Å². The van der Waals surface area contributed by atoms with E-state index in [-0.39, 0.29) is 87.6 Å². The molecule has 0 atom stereocenters. The van der Waals surface area contributed by atoms with Crippen molar-refractivity contribution in [2.24, 2.45) is 0 Å². The molecule has 3 heterocycles. The van der Waals surface area contributed by atoms with E-state index in [2.05, 4.69) is 0 Å². The van der Waals surface area contributed by atoms with Gasteiger partial charge in [-0.05, 0) is 71.7 Å². The third-order valence-electron chi connectivity index (χ3n) is 8.56. The van der Waals surface area contributed by atoms with E-state index < -0.39 is 6.04 Å². The van der Waals surface area contributed by atoms with E-state index in [1.54, 1.807) is 24.3 Å². The van der Waals surface area contributed by atoms with Gasteiger partial charge in [0.05, 0.1) is 46.8 Å². The van der Waals surface area contributed by atoms with Gasteiger partial charge < -0.3 is 13.6 Å². The largest absolute Gasteiger partial charge is 0.456 e. The maximum absolute atomic E-state index is 9.46. The monoisotopic (exact) mass is 584 g/mol. The number of para-hydroxylation sites is 3. The second kappa shape index (κ2) is 9.22. The molecule has 0 saturated carbocycles. The first-order valence-corrected chi connectivity index (χ1v) is 14.6. The van der Waals surface area contributed by atoms with Gasteiger partial charge in [0.1, 0.15) is 11.2 Å². The lowest BCUT2D eigenvalue weighted by Gasteiger charge is -2.11. The van der Waals surface area contributed by atoms with Crippen LogP contribution in [0.3, 0.4) is 0 Å². The molecule has 10 rings (SSSR count). The van der Waals surface area contributed by atoms with E-state index in [4.69, 9.17) is 15.4 Å². The van der Waals surface area contributed by atoms with Crippen molar-refractivity contribution in [1.29, 1.82) is 0 Å². The Bertz CT molecular complexity index is 3330. The zero-order valence-electron chi connectivity index (χ0n) is 33.5. The van der Waals surface area contributed by atoms with E-state index in [1.807, 2.05) is 81.9 Å². The first-order valence-electron chi connectivity index (χ1n) is 19.6. The molecule has 0 aliphatic rings. The molecule has 0 saturated heterocycles. The van der Waals surface area contributed by atoms with Crippen LogP contribution in [0.2, 0.25) is 0 Å². The van der Waals surface area contributed by atoms with Crippen LogP contribution in [0.1, 0.15) is 13.7 Å². The maximum Gasteiger partial charge on any atom is 0.137 e. The Kier molecular flexibility index (Phi) is 3.42. The smallest absolute Gasteiger partial charge is 0.137 e. The average Bonchev–Trinajstić information content (AvgIpc) is 3.87. The maximum atomic E-state index is 9.46. The summed E-state index contributed by atoms with van der Waals surface area (Å²) in [6.07, 6.45) is 0. The van der Waals surface area contributed by atoms with Gasteiger partial charge in [0.25, 0.3) is 0 Å². The van der Waals surface area contributed by atoms with Crippen LogP contribution >= 0.6 is 0 Å². The minimum atomic E-state index is -0.393. The Morgan fingerprint density at radius 3 is 2.07 bits per heavy atom. The Morgan fingerprint density at radius 1 is 0.467 bits per heavy atom. The van der Waals surface area contributed by atoms with E-state index in [9.17, 15) is 2.74 Å². The topological polar surface area (TPSA) is 23.0 Å². The summed E-state index contributed by atoms with van der Waals surface area (Å²) >= 11 is 0. The normalized spacial score (nSPS) is 15.1. The predicted octanol–water partition coefficient (Wildman–Crippen LogP) is 11.4. The van der Waals surface area contributed by atoms with Crippen LogP contribution in [0.25, 0.3) is 88.1 Å². The van der Waals surface area contributed by atoms with Crippen LogP contribution in [0, 0.1) is 0 Å². The molecule has 10 aromatic rings. The standard InChI is InChI=1S/C42H26N2O/c1-2-11-27(12-3-1)28-21-24-40-34(25-28)42-39(19-10-20-41(42)45-40)44-37-18-9-6-15-32(37)33-26-29(22-23-38(33)44)43-35-16-7-4-13-30(35)31-14-5-8-17-36(31)43/h1-26H/i4D,7D,10D,13D,16D,19D,20D,21D,24D,25D. The molecule has 3 aromatic heterocycles. The summed E-state index contributed by atoms with van der Waals surface area (Å²) in [6.45, 7) is 0. The molecular formula is C42H26N2O. The summed E-state index contributed by atoms with van der Waals surface area (Å²) in [6, 6.07) is 27.1. The number of aromatic nitrogens is 2. The lowest BCUT2D eigenvalue weighted by atomic mass is 10.0. The van der Waals surface area contributed by atoms with Gasteiger partial charge in [0.15, 0.2) is 0 Å². The summed E-state index contributed by atoms with van der Waals surface area (Å²) in [5.74, 6) is 0. The van der Waals surface area contributed by atoms with Gasteiger partial charge >= 0.3 is 0 Å². The molecule has 210 valence electrons. The van der Waals surface area contributed by atoms with Gasteiger partial charge in [-0.2, -0.15) is 0 Å². The number of furan rings is 1. The molecule has 0 N–H and O–H groups in total. The third kappa shape index (κ3) is 3.46. The SMILES string of the molecule is [2H]c1c(-c2ccccc2)c([2H])c2c(oc3c([2H])c([2H])c([2H])c(-n4c5ccccc5c5cc(-n6c7ccccc7c7c([2H])c([2H])c([2H])c([2H])c76)ccc54)c32)c1[2H]. The second-order valence-corrected chi connectivity index (χ2v) is 11.0. The summed E-state index contributed by atoms with van der Waals surface area (Å²) in [5.41, 5.74) is 3.85. The minimum absolute atomic E-state index is 0.0559. The van der Waals surface area contributed by atoms with Crippen molar-refractivity contribution >= 4 is 65.6 Å². The first kappa shape index (κ1) is 16.7. The van der Waals surface area contributed by atoms with Gasteiger partial charge in [-0.3, -0.25) is 0 Å². The molecule has 3 nitrogen and oxygen atoms in total. The highest BCUT2D eigenvalue weighted by molar-refractivity contribution is 6.16. The summed E-state index contributed by atoms with van der Waals surface area (Å²) in [7, 11) is 0. The molecular weight excluding hydrogens is 548 g/mol. The number of hydrogen-bond acceptors (Lipinski definition) is 1. The highest BCUT2D eigenvalue weighted by Gasteiger charge is 2.19. The molecule has 3 heteroatoms. The van der Waals surface area contributed by atoms with Gasteiger partial charge in [0, 0.05) is 32.6 Å². The number of hydrogen-bond donors (Lipinski definition) is 0. The number of rotatable bonds is 3. The molecule has 0 unspecified atom stereocenters. The van der Waals surface area contributed by atoms with Gasteiger partial charge in [-0.1, -0.05) is 96.9 Å². The Balaban J connectivity index is 1.34. The zero-order valence-corrected chi connectivity index (χ0v) is 23.5. The van der Waals surface area contributed by atoms with E-state index in [1.165, 1.54) is 0 Å². The molecule has 7 aromatic carbocycles. The fraction of sp³-hybridized carbons (Fsp3) is 0. The first-order chi connectivity index (χ1) is 26.5. The van der Waals surface area contributed by atoms with Crippen molar-refractivity contribution in [2.45, 2.75) is 0 Å². The summed E-state index contributed by atoms with van der Waals surface area (Å²) in [4.78, 5) is 0. The van der Waals surface area contributed by atoms with E-state index >= 15 is 0 Å². The van der Waals surface area contributed by atoms with Crippen LogP contribution in [-0.2, 0) is 0 Å². The van der Waals surface area contributed by atoms with Crippen molar-refractivity contribution < 1.29 is 18.1 Å². The summed E-state index contributed by atoms with van der Waals surface area (Å²) < 4.78 is 98.9. The Hall–Kier alpha value is -6.06. The molecule has 0 aliphatic heterocycles. The van der Waals surface area contributed by atoms with Gasteiger partial charge in [0.2, 0.25) is 0 Å². The fourth-order valence-corrected chi connectivity index (χ4v) is 6.63. The lowest BCUT2D eigenvalue weighted by Crippen LogP contribution is -1.96. The molecule has 45 heavy (non-hydrogen) atoms. The average molecular weight is 585 g/mol. The molecule has 0 spiro atoms. The number of nitrogens with zero attached hydrogens (tertiary/aromatic N) is 2. The van der Waals surface area contributed by atoms with Crippen LogP contribution in [0.5, 0.6) is 0 Å². The highest BCUT2D eigenvalue weighted by Crippen LogP contribution is 2.41. The van der Waals surface area contributed by atoms with Crippen molar-refractivity contribution in [1.82, 2.24) is 9.13 Å². The minimum Gasteiger partial charge on any atom is -0.456 e. The molecule has 0 aliphatic carbocycles. The Labute approximate surface area is 272 Å². The van der Waals surface area contributed by atoms with Crippen LogP contribution in [-0.4, -0.2) is 9.13 Å². The number of fused-ring (bicyclic) bond motifs is 9. The predicted molar refractivity (Wildman–Crippen MR) is 188 cm³/mol. The zero-order chi connectivity index (χ0) is 38.2. The quantitative estimate of drug-likeness (QED) is 0.203. The Morgan fingerprint density at radius 2 is 1.20 bits per heavy atom. The highest BCUT2D eigenvalue weighted by atomic mass is 16.3. The van der Waals surface area contributed by atoms with Crippen molar-refractivity contribution in [3.05, 3.63) is 157 Å².